The Morgan fingerprint density at radius 3 is 2.86 bits per heavy atom. The lowest BCUT2D eigenvalue weighted by Crippen LogP contribution is -2.42. The van der Waals surface area contributed by atoms with E-state index in [1.54, 1.807) is 24.7 Å². The second-order valence-electron chi connectivity index (χ2n) is 7.52. The van der Waals surface area contributed by atoms with Gasteiger partial charge in [0.2, 0.25) is 5.95 Å². The lowest BCUT2D eigenvalue weighted by Gasteiger charge is -2.23. The minimum atomic E-state index is -0.834. The predicted molar refractivity (Wildman–Crippen MR) is 109 cm³/mol. The fourth-order valence-electron chi connectivity index (χ4n) is 3.62. The summed E-state index contributed by atoms with van der Waals surface area (Å²) >= 11 is 0. The van der Waals surface area contributed by atoms with E-state index in [0.29, 0.717) is 35.6 Å². The molecular formula is C18H21FN6O3Si. The quantitative estimate of drug-likeness (QED) is 0.572. The number of imidazole rings is 1. The zero-order chi connectivity index (χ0) is 20.9. The molecule has 11 heteroatoms. The van der Waals surface area contributed by atoms with Crippen molar-refractivity contribution in [1.82, 2.24) is 19.1 Å². The van der Waals surface area contributed by atoms with Crippen molar-refractivity contribution in [3.63, 3.8) is 0 Å². The summed E-state index contributed by atoms with van der Waals surface area (Å²) in [7, 11) is 2.40. The highest BCUT2D eigenvalue weighted by atomic mass is 28.1. The van der Waals surface area contributed by atoms with Gasteiger partial charge in [-0.2, -0.15) is 4.98 Å². The number of halogens is 1. The molecular weight excluding hydrogens is 395 g/mol. The van der Waals surface area contributed by atoms with Crippen LogP contribution in [0.25, 0.3) is 11.2 Å². The standard InChI is InChI=1S/C18H21FN6O3Si/c1-9-5-10(14(20)26)11(19)6-12(9)22-16-21-7-13-15(23-16)25(17(27)24(13)2)18(29)3-4-28-8-18/h5-7H,3-4,8H2,1-2,29H3,(H2,20,26)(H,21,22,23)/t18-/m1/s1. The van der Waals surface area contributed by atoms with Crippen molar-refractivity contribution >= 4 is 38.9 Å². The van der Waals surface area contributed by atoms with Crippen molar-refractivity contribution < 1.29 is 13.9 Å². The van der Waals surface area contributed by atoms with Gasteiger partial charge >= 0.3 is 5.69 Å². The highest BCUT2D eigenvalue weighted by molar-refractivity contribution is 6.14. The number of ether oxygens (including phenoxy) is 1. The number of aryl methyl sites for hydroxylation is 2. The topological polar surface area (TPSA) is 117 Å². The van der Waals surface area contributed by atoms with E-state index in [0.717, 1.165) is 16.7 Å². The number of carbonyl (C=O) groups is 1. The Hall–Kier alpha value is -3.05. The molecule has 1 amide bonds. The van der Waals surface area contributed by atoms with E-state index < -0.39 is 11.7 Å². The van der Waals surface area contributed by atoms with Crippen LogP contribution < -0.4 is 16.7 Å². The molecule has 0 spiro atoms. The summed E-state index contributed by atoms with van der Waals surface area (Å²) in [6.45, 7) is 2.80. The summed E-state index contributed by atoms with van der Waals surface area (Å²) in [5.74, 6) is -1.35. The Morgan fingerprint density at radius 2 is 2.21 bits per heavy atom. The first-order valence-electron chi connectivity index (χ1n) is 9.11. The molecule has 9 nitrogen and oxygen atoms in total. The van der Waals surface area contributed by atoms with Crippen LogP contribution in [-0.4, -0.2) is 48.5 Å². The average molecular weight is 416 g/mol. The minimum absolute atomic E-state index is 0.167. The average Bonchev–Trinajstić information content (AvgIpc) is 3.20. The number of hydrogen-bond donors (Lipinski definition) is 2. The third kappa shape index (κ3) is 3.11. The highest BCUT2D eigenvalue weighted by Gasteiger charge is 2.35. The molecule has 1 fully saturated rings. The van der Waals surface area contributed by atoms with Crippen LogP contribution in [0.5, 0.6) is 0 Å². The molecule has 1 atom stereocenters. The van der Waals surface area contributed by atoms with Gasteiger partial charge in [0.25, 0.3) is 5.91 Å². The fraction of sp³-hybridized carbons (Fsp3) is 0.333. The monoisotopic (exact) mass is 416 g/mol. The van der Waals surface area contributed by atoms with E-state index in [9.17, 15) is 14.0 Å². The lowest BCUT2D eigenvalue weighted by atomic mass is 10.1. The van der Waals surface area contributed by atoms with Crippen LogP contribution in [0.4, 0.5) is 16.0 Å². The van der Waals surface area contributed by atoms with Gasteiger partial charge in [-0.25, -0.2) is 14.2 Å². The molecule has 0 radical (unpaired) electrons. The molecule has 0 saturated carbocycles. The molecule has 152 valence electrons. The number of fused-ring (bicyclic) bond motifs is 1. The van der Waals surface area contributed by atoms with E-state index in [1.807, 2.05) is 0 Å². The Kier molecular flexibility index (Phi) is 4.50. The number of nitrogens with one attached hydrogen (secondary N) is 1. The number of anilines is 2. The van der Waals surface area contributed by atoms with Crippen LogP contribution in [0.1, 0.15) is 22.3 Å². The number of primary amides is 1. The predicted octanol–water partition coefficient (Wildman–Crippen LogP) is -0.141. The van der Waals surface area contributed by atoms with Gasteiger partial charge in [0.05, 0.1) is 23.5 Å². The zero-order valence-electron chi connectivity index (χ0n) is 16.3. The van der Waals surface area contributed by atoms with Crippen molar-refractivity contribution in [2.75, 3.05) is 18.5 Å². The molecule has 1 aromatic carbocycles. The molecule has 29 heavy (non-hydrogen) atoms. The molecule has 3 aromatic rings. The third-order valence-corrected chi connectivity index (χ3v) is 6.60. The van der Waals surface area contributed by atoms with Gasteiger partial charge < -0.3 is 15.8 Å². The van der Waals surface area contributed by atoms with Crippen LogP contribution in [0.2, 0.25) is 0 Å². The second-order valence-corrected chi connectivity index (χ2v) is 9.38. The third-order valence-electron chi connectivity index (χ3n) is 5.37. The summed E-state index contributed by atoms with van der Waals surface area (Å²) in [5.41, 5.74) is 6.96. The number of hydrogen-bond acceptors (Lipinski definition) is 6. The van der Waals surface area contributed by atoms with Crippen molar-refractivity contribution in [2.24, 2.45) is 12.8 Å². The number of benzene rings is 1. The fourth-order valence-corrected chi connectivity index (χ4v) is 4.43. The van der Waals surface area contributed by atoms with Crippen LogP contribution in [0.15, 0.2) is 23.1 Å². The zero-order valence-corrected chi connectivity index (χ0v) is 18.3. The lowest BCUT2D eigenvalue weighted by molar-refractivity contribution is 0.0996. The van der Waals surface area contributed by atoms with Gasteiger partial charge in [-0.3, -0.25) is 13.9 Å². The minimum Gasteiger partial charge on any atom is -0.379 e. The van der Waals surface area contributed by atoms with Crippen LogP contribution in [0, 0.1) is 12.7 Å². The van der Waals surface area contributed by atoms with Gasteiger partial charge in [-0.15, -0.1) is 0 Å². The molecule has 3 N–H and O–H groups in total. The number of carbonyl (C=O) groups excluding carboxylic acids is 1. The Morgan fingerprint density at radius 1 is 1.45 bits per heavy atom. The smallest absolute Gasteiger partial charge is 0.330 e. The molecule has 1 aliphatic heterocycles. The summed E-state index contributed by atoms with van der Waals surface area (Å²) < 4.78 is 22.9. The number of nitrogens with two attached hydrogens (primary N) is 1. The number of rotatable bonds is 4. The first kappa shape index (κ1) is 19.3. The van der Waals surface area contributed by atoms with E-state index in [4.69, 9.17) is 10.5 Å². The number of nitrogens with zero attached hydrogens (tertiary/aromatic N) is 4. The van der Waals surface area contributed by atoms with Gasteiger partial charge in [0.1, 0.15) is 11.3 Å². The van der Waals surface area contributed by atoms with E-state index in [2.05, 4.69) is 15.3 Å². The summed E-state index contributed by atoms with van der Waals surface area (Å²) in [6, 6.07) is 2.56. The first-order chi connectivity index (χ1) is 13.7. The normalized spacial score (nSPS) is 19.1. The van der Waals surface area contributed by atoms with E-state index in [1.165, 1.54) is 16.7 Å². The highest BCUT2D eigenvalue weighted by Crippen LogP contribution is 2.27. The molecule has 2 aromatic heterocycles. The van der Waals surface area contributed by atoms with Crippen molar-refractivity contribution in [3.8, 4) is 0 Å². The van der Waals surface area contributed by atoms with E-state index in [-0.39, 0.29) is 22.4 Å². The molecule has 1 saturated heterocycles. The van der Waals surface area contributed by atoms with Gasteiger partial charge in [0.15, 0.2) is 5.65 Å². The maximum Gasteiger partial charge on any atom is 0.330 e. The maximum atomic E-state index is 14.2. The maximum absolute atomic E-state index is 14.2. The Labute approximate surface area is 168 Å². The second kappa shape index (κ2) is 6.78. The SMILES string of the molecule is Cc1cc(C(N)=O)c(F)cc1Nc1ncc2c(n1)n([C@@]1([SiH3])CCOC1)c(=O)n2C. The molecule has 3 heterocycles. The Balaban J connectivity index is 1.80. The number of aromatic nitrogens is 4. The summed E-state index contributed by atoms with van der Waals surface area (Å²) in [6.07, 6.45) is 2.32. The molecule has 1 aliphatic rings. The first-order valence-corrected chi connectivity index (χ1v) is 10.1. The largest absolute Gasteiger partial charge is 0.379 e. The number of amides is 1. The van der Waals surface area contributed by atoms with Gasteiger partial charge in [-0.05, 0) is 31.0 Å². The van der Waals surface area contributed by atoms with Gasteiger partial charge in [-0.1, -0.05) is 0 Å². The van der Waals surface area contributed by atoms with Crippen LogP contribution in [-0.2, 0) is 16.9 Å². The molecule has 4 rings (SSSR count). The van der Waals surface area contributed by atoms with Crippen molar-refractivity contribution in [1.29, 1.82) is 0 Å². The summed E-state index contributed by atoms with van der Waals surface area (Å²) in [5, 5.41) is 2.60. The van der Waals surface area contributed by atoms with Crippen molar-refractivity contribution in [2.45, 2.75) is 18.5 Å². The molecule has 0 bridgehead atoms. The van der Waals surface area contributed by atoms with Gasteiger partial charge in [0, 0.05) is 29.6 Å². The van der Waals surface area contributed by atoms with Crippen molar-refractivity contribution in [3.05, 3.63) is 45.8 Å². The van der Waals surface area contributed by atoms with E-state index >= 15 is 0 Å². The molecule has 0 aliphatic carbocycles. The summed E-state index contributed by atoms with van der Waals surface area (Å²) in [4.78, 5) is 33.0. The van der Waals surface area contributed by atoms with Crippen LogP contribution in [0.3, 0.4) is 0 Å². The molecule has 0 unspecified atom stereocenters. The Bertz CT molecular complexity index is 1200. The van der Waals surface area contributed by atoms with Crippen LogP contribution >= 0.6 is 0 Å².